The van der Waals surface area contributed by atoms with Gasteiger partial charge in [-0.15, -0.1) is 0 Å². The number of rotatable bonds is 6. The lowest BCUT2D eigenvalue weighted by molar-refractivity contribution is 0.0938. The minimum atomic E-state index is -0.126. The van der Waals surface area contributed by atoms with Crippen LogP contribution in [0.3, 0.4) is 0 Å². The molecule has 22 heavy (non-hydrogen) atoms. The number of carbonyl (C=O) groups excluding carboxylic acids is 1. The summed E-state index contributed by atoms with van der Waals surface area (Å²) in [6, 6.07) is 11.4. The molecule has 2 aromatic rings. The predicted octanol–water partition coefficient (Wildman–Crippen LogP) is 2.07. The summed E-state index contributed by atoms with van der Waals surface area (Å²) in [5.41, 5.74) is 1.71. The van der Waals surface area contributed by atoms with Gasteiger partial charge in [0.05, 0.1) is 18.7 Å². The van der Waals surface area contributed by atoms with Crippen molar-refractivity contribution < 1.29 is 9.53 Å². The van der Waals surface area contributed by atoms with Crippen molar-refractivity contribution >= 4 is 5.91 Å². The molecular formula is C17H23N3O2. The Balaban J connectivity index is 2.10. The van der Waals surface area contributed by atoms with Gasteiger partial charge in [-0.25, -0.2) is 0 Å². The zero-order chi connectivity index (χ0) is 16.1. The number of ether oxygens (including phenoxy) is 1. The number of hydrogen-bond acceptors (Lipinski definition) is 3. The number of benzene rings is 1. The molecule has 0 saturated carbocycles. The number of hydrogen-bond donors (Lipinski definition) is 1. The Morgan fingerprint density at radius 3 is 2.59 bits per heavy atom. The minimum Gasteiger partial charge on any atom is -0.496 e. The van der Waals surface area contributed by atoms with Crippen LogP contribution in [-0.2, 0) is 7.05 Å². The Kier molecular flexibility index (Phi) is 5.22. The van der Waals surface area contributed by atoms with Crippen LogP contribution in [0.4, 0.5) is 0 Å². The highest BCUT2D eigenvalue weighted by atomic mass is 16.5. The number of aromatic nitrogens is 1. The molecule has 118 valence electrons. The van der Waals surface area contributed by atoms with Gasteiger partial charge in [-0.05, 0) is 38.4 Å². The summed E-state index contributed by atoms with van der Waals surface area (Å²) in [7, 11) is 7.59. The van der Waals surface area contributed by atoms with Crippen molar-refractivity contribution in [1.29, 1.82) is 0 Å². The number of nitrogens with one attached hydrogen (secondary N) is 1. The number of para-hydroxylation sites is 1. The number of likely N-dealkylation sites (N-methyl/N-ethyl adjacent to an activating group) is 1. The highest BCUT2D eigenvalue weighted by Gasteiger charge is 2.19. The van der Waals surface area contributed by atoms with E-state index in [1.54, 1.807) is 19.2 Å². The Labute approximate surface area is 131 Å². The monoisotopic (exact) mass is 301 g/mol. The molecule has 5 nitrogen and oxygen atoms in total. The lowest BCUT2D eigenvalue weighted by atomic mass is 10.1. The topological polar surface area (TPSA) is 46.5 Å². The van der Waals surface area contributed by atoms with Crippen LogP contribution in [0.5, 0.6) is 5.75 Å². The van der Waals surface area contributed by atoms with Crippen LogP contribution in [0.25, 0.3) is 0 Å². The van der Waals surface area contributed by atoms with Gasteiger partial charge in [0.25, 0.3) is 5.91 Å². The quantitative estimate of drug-likeness (QED) is 0.888. The van der Waals surface area contributed by atoms with Gasteiger partial charge in [-0.2, -0.15) is 0 Å². The van der Waals surface area contributed by atoms with E-state index in [1.165, 1.54) is 0 Å². The van der Waals surface area contributed by atoms with Gasteiger partial charge in [0.2, 0.25) is 0 Å². The van der Waals surface area contributed by atoms with Gasteiger partial charge in [0, 0.05) is 25.5 Å². The standard InChI is InChI=1S/C17H23N3O2/c1-19(2)15(14-9-7-11-20(14)3)12-18-17(21)13-8-5-6-10-16(13)22-4/h5-11,15H,12H2,1-4H3,(H,18,21). The molecule has 1 aromatic carbocycles. The van der Waals surface area contributed by atoms with E-state index < -0.39 is 0 Å². The molecule has 0 radical (unpaired) electrons. The van der Waals surface area contributed by atoms with Crippen LogP contribution in [0.2, 0.25) is 0 Å². The molecule has 5 heteroatoms. The summed E-state index contributed by atoms with van der Waals surface area (Å²) in [5, 5.41) is 3.00. The van der Waals surface area contributed by atoms with Gasteiger partial charge >= 0.3 is 0 Å². The summed E-state index contributed by atoms with van der Waals surface area (Å²) in [5.74, 6) is 0.457. The second-order valence-corrected chi connectivity index (χ2v) is 5.43. The van der Waals surface area contributed by atoms with E-state index in [4.69, 9.17) is 4.74 Å². The Morgan fingerprint density at radius 2 is 2.00 bits per heavy atom. The molecule has 0 aliphatic heterocycles. The van der Waals surface area contributed by atoms with E-state index in [0.29, 0.717) is 17.9 Å². The zero-order valence-corrected chi connectivity index (χ0v) is 13.5. The fourth-order valence-corrected chi connectivity index (χ4v) is 2.49. The van der Waals surface area contributed by atoms with Crippen LogP contribution in [-0.4, -0.2) is 43.1 Å². The second kappa shape index (κ2) is 7.13. The highest BCUT2D eigenvalue weighted by molar-refractivity contribution is 5.96. The molecule has 0 fully saturated rings. The average Bonchev–Trinajstić information content (AvgIpc) is 2.93. The lowest BCUT2D eigenvalue weighted by Gasteiger charge is -2.25. The van der Waals surface area contributed by atoms with Crippen LogP contribution in [0.1, 0.15) is 22.1 Å². The summed E-state index contributed by atoms with van der Waals surface area (Å²) in [4.78, 5) is 14.5. The van der Waals surface area contributed by atoms with Crippen molar-refractivity contribution in [2.75, 3.05) is 27.7 Å². The molecule has 1 amide bonds. The van der Waals surface area contributed by atoms with E-state index in [0.717, 1.165) is 5.69 Å². The SMILES string of the molecule is COc1ccccc1C(=O)NCC(c1cccn1C)N(C)C. The molecule has 1 aromatic heterocycles. The fraction of sp³-hybridized carbons (Fsp3) is 0.353. The van der Waals surface area contributed by atoms with Gasteiger partial charge in [0.15, 0.2) is 0 Å². The highest BCUT2D eigenvalue weighted by Crippen LogP contribution is 2.19. The summed E-state index contributed by atoms with van der Waals surface area (Å²) in [6.45, 7) is 0.529. The van der Waals surface area contributed by atoms with Crippen LogP contribution in [0.15, 0.2) is 42.6 Å². The van der Waals surface area contributed by atoms with Gasteiger partial charge in [-0.3, -0.25) is 9.69 Å². The maximum atomic E-state index is 12.4. The van der Waals surface area contributed by atoms with Crippen molar-refractivity contribution in [3.8, 4) is 5.75 Å². The number of amides is 1. The van der Waals surface area contributed by atoms with Crippen molar-refractivity contribution in [3.05, 3.63) is 53.9 Å². The van der Waals surface area contributed by atoms with Crippen LogP contribution >= 0.6 is 0 Å². The van der Waals surface area contributed by atoms with E-state index in [9.17, 15) is 4.79 Å². The first-order valence-corrected chi connectivity index (χ1v) is 7.23. The summed E-state index contributed by atoms with van der Waals surface area (Å²) >= 11 is 0. The molecule has 0 saturated heterocycles. The van der Waals surface area contributed by atoms with E-state index in [-0.39, 0.29) is 11.9 Å². The third kappa shape index (κ3) is 3.49. The molecule has 1 heterocycles. The molecule has 2 rings (SSSR count). The van der Waals surface area contributed by atoms with E-state index >= 15 is 0 Å². The number of nitrogens with zero attached hydrogens (tertiary/aromatic N) is 2. The second-order valence-electron chi connectivity index (χ2n) is 5.43. The predicted molar refractivity (Wildman–Crippen MR) is 87.2 cm³/mol. The molecule has 0 bridgehead atoms. The van der Waals surface area contributed by atoms with Crippen molar-refractivity contribution in [3.63, 3.8) is 0 Å². The molecule has 0 aliphatic carbocycles. The van der Waals surface area contributed by atoms with Gasteiger partial charge in [-0.1, -0.05) is 12.1 Å². The maximum Gasteiger partial charge on any atom is 0.255 e. The van der Waals surface area contributed by atoms with Crippen molar-refractivity contribution in [2.24, 2.45) is 7.05 Å². The molecule has 1 atom stereocenters. The summed E-state index contributed by atoms with van der Waals surface area (Å²) < 4.78 is 7.31. The van der Waals surface area contributed by atoms with Crippen molar-refractivity contribution in [1.82, 2.24) is 14.8 Å². The third-order valence-electron chi connectivity index (χ3n) is 3.76. The number of methoxy groups -OCH3 is 1. The van der Waals surface area contributed by atoms with Crippen molar-refractivity contribution in [2.45, 2.75) is 6.04 Å². The Bertz CT molecular complexity index is 634. The zero-order valence-electron chi connectivity index (χ0n) is 13.5. The van der Waals surface area contributed by atoms with Gasteiger partial charge < -0.3 is 14.6 Å². The molecular weight excluding hydrogens is 278 g/mol. The normalized spacial score (nSPS) is 12.2. The Hall–Kier alpha value is -2.27. The average molecular weight is 301 g/mol. The number of carbonyl (C=O) groups is 1. The van der Waals surface area contributed by atoms with Gasteiger partial charge in [0.1, 0.15) is 5.75 Å². The number of aryl methyl sites for hydroxylation is 1. The molecule has 1 unspecified atom stereocenters. The maximum absolute atomic E-state index is 12.4. The first-order valence-electron chi connectivity index (χ1n) is 7.23. The van der Waals surface area contributed by atoms with Crippen LogP contribution < -0.4 is 10.1 Å². The van der Waals surface area contributed by atoms with E-state index in [1.807, 2.05) is 45.5 Å². The van der Waals surface area contributed by atoms with E-state index in [2.05, 4.69) is 20.9 Å². The third-order valence-corrected chi connectivity index (χ3v) is 3.76. The summed E-state index contributed by atoms with van der Waals surface area (Å²) in [6.07, 6.45) is 2.01. The van der Waals surface area contributed by atoms with Crippen LogP contribution in [0, 0.1) is 0 Å². The minimum absolute atomic E-state index is 0.110. The molecule has 0 aliphatic rings. The largest absolute Gasteiger partial charge is 0.496 e. The molecule has 0 spiro atoms. The lowest BCUT2D eigenvalue weighted by Crippen LogP contribution is -2.35. The smallest absolute Gasteiger partial charge is 0.255 e. The first kappa shape index (κ1) is 16.1. The molecule has 1 N–H and O–H groups in total. The fourth-order valence-electron chi connectivity index (χ4n) is 2.49. The Morgan fingerprint density at radius 1 is 1.27 bits per heavy atom. The first-order chi connectivity index (χ1) is 10.5.